The summed E-state index contributed by atoms with van der Waals surface area (Å²) in [6.45, 7) is 8.88. The first-order chi connectivity index (χ1) is 12.1. The summed E-state index contributed by atoms with van der Waals surface area (Å²) in [7, 11) is 0. The summed E-state index contributed by atoms with van der Waals surface area (Å²) in [5.41, 5.74) is 4.05. The zero-order chi connectivity index (χ0) is 17.4. The highest BCUT2D eigenvalue weighted by Gasteiger charge is 2.26. The third kappa shape index (κ3) is 3.26. The highest BCUT2D eigenvalue weighted by molar-refractivity contribution is 5.74. The van der Waals surface area contributed by atoms with Crippen molar-refractivity contribution in [1.29, 1.82) is 0 Å². The zero-order valence-corrected chi connectivity index (χ0v) is 15.1. The Hall–Kier alpha value is -2.34. The lowest BCUT2D eigenvalue weighted by molar-refractivity contribution is 0.215. The summed E-state index contributed by atoms with van der Waals surface area (Å²) in [5, 5.41) is 4.52. The lowest BCUT2D eigenvalue weighted by Gasteiger charge is -2.24. The van der Waals surface area contributed by atoms with E-state index in [0.717, 1.165) is 53.7 Å². The average molecular weight is 336 g/mol. The van der Waals surface area contributed by atoms with Crippen LogP contribution < -0.4 is 0 Å². The molecule has 25 heavy (non-hydrogen) atoms. The Bertz CT molecular complexity index is 900. The molecule has 1 atom stereocenters. The molecule has 0 N–H and O–H groups in total. The number of para-hydroxylation sites is 2. The molecule has 0 amide bonds. The van der Waals surface area contributed by atoms with Crippen LogP contribution in [0.15, 0.2) is 24.3 Å². The fourth-order valence-corrected chi connectivity index (χ4v) is 3.71. The van der Waals surface area contributed by atoms with Crippen LogP contribution in [0.2, 0.25) is 0 Å². The van der Waals surface area contributed by atoms with Gasteiger partial charge in [0.1, 0.15) is 11.6 Å². The molecule has 6 nitrogen and oxygen atoms in total. The molecule has 0 radical (unpaired) electrons. The number of likely N-dealkylation sites (tertiary alicyclic amines) is 1. The number of aryl methyl sites for hydroxylation is 3. The van der Waals surface area contributed by atoms with Gasteiger partial charge in [-0.2, -0.15) is 5.10 Å². The molecule has 1 aliphatic heterocycles. The second-order valence-corrected chi connectivity index (χ2v) is 6.90. The van der Waals surface area contributed by atoms with Crippen LogP contribution in [0.1, 0.15) is 35.9 Å². The second-order valence-electron chi connectivity index (χ2n) is 6.90. The van der Waals surface area contributed by atoms with Crippen LogP contribution in [0.3, 0.4) is 0 Å². The summed E-state index contributed by atoms with van der Waals surface area (Å²) in [4.78, 5) is 16.5. The number of benzene rings is 1. The first kappa shape index (κ1) is 16.1. The van der Waals surface area contributed by atoms with Crippen molar-refractivity contribution < 1.29 is 0 Å². The van der Waals surface area contributed by atoms with Gasteiger partial charge >= 0.3 is 0 Å². The van der Waals surface area contributed by atoms with Gasteiger partial charge in [-0.05, 0) is 52.3 Å². The first-order valence-electron chi connectivity index (χ1n) is 8.94. The number of hydrogen-bond acceptors (Lipinski definition) is 5. The maximum absolute atomic E-state index is 4.86. The van der Waals surface area contributed by atoms with Gasteiger partial charge in [0.25, 0.3) is 0 Å². The van der Waals surface area contributed by atoms with E-state index < -0.39 is 0 Å². The molecule has 4 rings (SSSR count). The largest absolute Gasteiger partial charge is 0.293 e. The molecule has 3 heterocycles. The Balaban J connectivity index is 1.55. The number of nitrogens with zero attached hydrogens (tertiary/aromatic N) is 6. The Kier molecular flexibility index (Phi) is 4.21. The molecule has 0 saturated carbocycles. The molecule has 2 aromatic heterocycles. The molecule has 1 aliphatic rings. The van der Waals surface area contributed by atoms with Gasteiger partial charge in [0.05, 0.1) is 29.0 Å². The smallest absolute Gasteiger partial charge is 0.147 e. The molecule has 0 aliphatic carbocycles. The van der Waals surface area contributed by atoms with Crippen LogP contribution in [0, 0.1) is 20.8 Å². The van der Waals surface area contributed by atoms with Crippen LogP contribution in [-0.4, -0.2) is 42.2 Å². The predicted molar refractivity (Wildman–Crippen MR) is 97.2 cm³/mol. The van der Waals surface area contributed by atoms with E-state index in [9.17, 15) is 0 Å². The van der Waals surface area contributed by atoms with Gasteiger partial charge in [-0.15, -0.1) is 0 Å². The summed E-state index contributed by atoms with van der Waals surface area (Å²) >= 11 is 0. The van der Waals surface area contributed by atoms with Crippen molar-refractivity contribution in [2.75, 3.05) is 6.54 Å². The Morgan fingerprint density at radius 1 is 1.04 bits per heavy atom. The van der Waals surface area contributed by atoms with Crippen molar-refractivity contribution >= 4 is 11.0 Å². The van der Waals surface area contributed by atoms with E-state index in [-0.39, 0.29) is 0 Å². The summed E-state index contributed by atoms with van der Waals surface area (Å²) < 4.78 is 2.04. The van der Waals surface area contributed by atoms with Gasteiger partial charge in [-0.3, -0.25) is 4.90 Å². The van der Waals surface area contributed by atoms with Crippen LogP contribution in [0.4, 0.5) is 0 Å². The Morgan fingerprint density at radius 2 is 1.80 bits per heavy atom. The lowest BCUT2D eigenvalue weighted by Crippen LogP contribution is -2.33. The molecule has 3 aromatic rings. The van der Waals surface area contributed by atoms with Crippen molar-refractivity contribution in [3.05, 3.63) is 47.3 Å². The molecule has 6 heteroatoms. The summed E-state index contributed by atoms with van der Waals surface area (Å²) in [6, 6.07) is 8.56. The quantitative estimate of drug-likeness (QED) is 0.733. The van der Waals surface area contributed by atoms with Gasteiger partial charge < -0.3 is 0 Å². The third-order valence-corrected chi connectivity index (χ3v) is 5.04. The number of rotatable bonds is 4. The van der Waals surface area contributed by atoms with Gasteiger partial charge in [0, 0.05) is 12.6 Å². The van der Waals surface area contributed by atoms with Gasteiger partial charge in [-0.1, -0.05) is 12.1 Å². The van der Waals surface area contributed by atoms with Crippen molar-refractivity contribution in [1.82, 2.24) is 29.6 Å². The number of aromatic nitrogens is 5. The minimum atomic E-state index is 0.479. The van der Waals surface area contributed by atoms with Crippen molar-refractivity contribution in [2.45, 2.75) is 52.7 Å². The highest BCUT2D eigenvalue weighted by atomic mass is 15.4. The molecule has 1 saturated heterocycles. The standard InChI is InChI=1S/C19H24N6/c1-13-19(22-18-9-5-4-8-17(18)20-13)12-24-10-6-7-16(24)11-25-15(3)21-14(2)23-25/h4-5,8-9,16H,6-7,10-12H2,1-3H3/t16-/m0/s1. The topological polar surface area (TPSA) is 59.7 Å². The van der Waals surface area contributed by atoms with Crippen LogP contribution in [-0.2, 0) is 13.1 Å². The Labute approximate surface area is 147 Å². The molecule has 0 bridgehead atoms. The van der Waals surface area contributed by atoms with E-state index in [1.165, 1.54) is 12.8 Å². The van der Waals surface area contributed by atoms with Crippen molar-refractivity contribution in [2.24, 2.45) is 0 Å². The fourth-order valence-electron chi connectivity index (χ4n) is 3.71. The van der Waals surface area contributed by atoms with E-state index in [4.69, 9.17) is 9.97 Å². The monoisotopic (exact) mass is 336 g/mol. The molecular weight excluding hydrogens is 312 g/mol. The van der Waals surface area contributed by atoms with E-state index in [1.54, 1.807) is 0 Å². The van der Waals surface area contributed by atoms with Crippen LogP contribution in [0.5, 0.6) is 0 Å². The number of fused-ring (bicyclic) bond motifs is 1. The molecule has 1 aromatic carbocycles. The first-order valence-corrected chi connectivity index (χ1v) is 8.94. The molecule has 130 valence electrons. The normalized spacial score (nSPS) is 18.3. The van der Waals surface area contributed by atoms with Crippen molar-refractivity contribution in [3.8, 4) is 0 Å². The van der Waals surface area contributed by atoms with E-state index >= 15 is 0 Å². The van der Waals surface area contributed by atoms with Gasteiger partial charge in [0.15, 0.2) is 0 Å². The fraction of sp³-hybridized carbons (Fsp3) is 0.474. The van der Waals surface area contributed by atoms with E-state index in [0.29, 0.717) is 6.04 Å². The van der Waals surface area contributed by atoms with Crippen LogP contribution in [0.25, 0.3) is 11.0 Å². The zero-order valence-electron chi connectivity index (χ0n) is 15.1. The maximum atomic E-state index is 4.86. The second kappa shape index (κ2) is 6.52. The number of hydrogen-bond donors (Lipinski definition) is 0. The molecule has 0 unspecified atom stereocenters. The van der Waals surface area contributed by atoms with E-state index in [1.807, 2.05) is 42.8 Å². The maximum Gasteiger partial charge on any atom is 0.147 e. The van der Waals surface area contributed by atoms with Gasteiger partial charge in [-0.25, -0.2) is 19.6 Å². The third-order valence-electron chi connectivity index (χ3n) is 5.04. The molecule has 1 fully saturated rings. The molecule has 0 spiro atoms. The van der Waals surface area contributed by atoms with Crippen molar-refractivity contribution in [3.63, 3.8) is 0 Å². The summed E-state index contributed by atoms with van der Waals surface area (Å²) in [5.74, 6) is 1.84. The lowest BCUT2D eigenvalue weighted by atomic mass is 10.2. The highest BCUT2D eigenvalue weighted by Crippen LogP contribution is 2.23. The van der Waals surface area contributed by atoms with E-state index in [2.05, 4.69) is 21.9 Å². The SMILES string of the molecule is Cc1nc(C)n(C[C@@H]2CCCN2Cc2nc3ccccc3nc2C)n1. The van der Waals surface area contributed by atoms with Gasteiger partial charge in [0.2, 0.25) is 0 Å². The molecular formula is C19H24N6. The average Bonchev–Trinajstić information content (AvgIpc) is 3.14. The Morgan fingerprint density at radius 3 is 2.52 bits per heavy atom. The minimum absolute atomic E-state index is 0.479. The summed E-state index contributed by atoms with van der Waals surface area (Å²) in [6.07, 6.45) is 2.41. The minimum Gasteiger partial charge on any atom is -0.293 e. The van der Waals surface area contributed by atoms with Crippen LogP contribution >= 0.6 is 0 Å². The predicted octanol–water partition coefficient (Wildman–Crippen LogP) is 2.81.